The lowest BCUT2D eigenvalue weighted by Gasteiger charge is -2.47. The summed E-state index contributed by atoms with van der Waals surface area (Å²) in [6.45, 7) is 10.4. The van der Waals surface area contributed by atoms with Gasteiger partial charge in [-0.3, -0.25) is 14.7 Å². The molecule has 1 N–H and O–H groups in total. The molecule has 3 saturated heterocycles. The van der Waals surface area contributed by atoms with Gasteiger partial charge in [0.25, 0.3) is 0 Å². The Bertz CT molecular complexity index is 1510. The van der Waals surface area contributed by atoms with E-state index in [1.54, 1.807) is 4.90 Å². The highest BCUT2D eigenvalue weighted by atomic mass is 16.2. The van der Waals surface area contributed by atoms with Gasteiger partial charge >= 0.3 is 0 Å². The zero-order chi connectivity index (χ0) is 26.6. The highest BCUT2D eigenvalue weighted by Crippen LogP contribution is 2.45. The number of aromatic amines is 1. The molecule has 2 aromatic carbocycles. The van der Waals surface area contributed by atoms with E-state index in [9.17, 15) is 14.9 Å². The number of fused-ring (bicyclic) bond motifs is 1. The van der Waals surface area contributed by atoms with Crippen molar-refractivity contribution in [1.82, 2.24) is 20.0 Å². The number of anilines is 2. The number of nitrogens with zero attached hydrogens (tertiary/aromatic N) is 6. The van der Waals surface area contributed by atoms with Gasteiger partial charge in [-0.05, 0) is 48.7 Å². The maximum atomic E-state index is 12.6. The lowest BCUT2D eigenvalue weighted by Crippen LogP contribution is -2.59. The molecule has 3 aliphatic heterocycles. The van der Waals surface area contributed by atoms with Crippen LogP contribution in [0.15, 0.2) is 43.1 Å². The quantitative estimate of drug-likeness (QED) is 0.543. The summed E-state index contributed by atoms with van der Waals surface area (Å²) in [5.74, 6) is 0.0536. The van der Waals surface area contributed by atoms with Gasteiger partial charge in [0.1, 0.15) is 6.07 Å². The van der Waals surface area contributed by atoms with Crippen LogP contribution in [0.2, 0.25) is 0 Å². The third kappa shape index (κ3) is 3.79. The molecule has 3 fully saturated rings. The molecule has 1 aromatic heterocycles. The number of aryl methyl sites for hydroxylation is 1. The number of nitrogens with one attached hydrogen (secondary N) is 1. The average Bonchev–Trinajstić information content (AvgIpc) is 3.56. The monoisotopic (exact) mass is 509 g/mol. The lowest BCUT2D eigenvalue weighted by atomic mass is 9.79. The minimum absolute atomic E-state index is 0.0283. The summed E-state index contributed by atoms with van der Waals surface area (Å²) in [7, 11) is 1.83. The van der Waals surface area contributed by atoms with Crippen LogP contribution in [-0.2, 0) is 9.59 Å². The molecular weight excluding hydrogens is 478 g/mol. The Morgan fingerprint density at radius 1 is 1.18 bits per heavy atom. The van der Waals surface area contributed by atoms with Gasteiger partial charge in [-0.15, -0.1) is 0 Å². The molecule has 3 aliphatic rings. The normalized spacial score (nSPS) is 18.7. The number of hydrogen-bond acceptors (Lipinski definition) is 6. The summed E-state index contributed by atoms with van der Waals surface area (Å²) < 4.78 is 0. The summed E-state index contributed by atoms with van der Waals surface area (Å²) in [6.07, 6.45) is 4.15. The van der Waals surface area contributed by atoms with Crippen LogP contribution in [0.25, 0.3) is 22.0 Å². The SMILES string of the molecule is C=CC(=O)N1CC2(CCN(c3cc(N4CCN(C)C(=O)C4)cc(-c4c(C)ccc5[nH]ncc45)c3C#N)C2)C1. The van der Waals surface area contributed by atoms with Gasteiger partial charge in [-0.25, -0.2) is 0 Å². The molecular formula is C29H31N7O2. The highest BCUT2D eigenvalue weighted by Gasteiger charge is 2.49. The molecule has 6 rings (SSSR count). The summed E-state index contributed by atoms with van der Waals surface area (Å²) in [6, 6.07) is 10.7. The van der Waals surface area contributed by atoms with Crippen molar-refractivity contribution in [2.24, 2.45) is 5.41 Å². The maximum Gasteiger partial charge on any atom is 0.245 e. The van der Waals surface area contributed by atoms with Crippen LogP contribution in [0, 0.1) is 23.7 Å². The molecule has 38 heavy (non-hydrogen) atoms. The molecule has 0 atom stereocenters. The highest BCUT2D eigenvalue weighted by molar-refractivity contribution is 6.00. The Labute approximate surface area is 221 Å². The number of carbonyl (C=O) groups is 2. The fourth-order valence-electron chi connectivity index (χ4n) is 6.27. The molecule has 0 unspecified atom stereocenters. The molecule has 0 aliphatic carbocycles. The van der Waals surface area contributed by atoms with E-state index < -0.39 is 0 Å². The molecule has 2 amide bonds. The molecule has 194 valence electrons. The second kappa shape index (κ2) is 8.91. The first kappa shape index (κ1) is 24.0. The van der Waals surface area contributed by atoms with Crippen molar-refractivity contribution in [3.8, 4) is 17.2 Å². The third-order valence-corrected chi connectivity index (χ3v) is 8.46. The first-order chi connectivity index (χ1) is 18.3. The number of amides is 2. The van der Waals surface area contributed by atoms with Gasteiger partial charge < -0.3 is 19.6 Å². The predicted molar refractivity (Wildman–Crippen MR) is 147 cm³/mol. The maximum absolute atomic E-state index is 12.6. The fourth-order valence-corrected chi connectivity index (χ4v) is 6.27. The zero-order valence-electron chi connectivity index (χ0n) is 21.8. The second-order valence-corrected chi connectivity index (χ2v) is 10.9. The lowest BCUT2D eigenvalue weighted by molar-refractivity contribution is -0.136. The topological polar surface area (TPSA) is 99.6 Å². The molecule has 0 radical (unpaired) electrons. The second-order valence-electron chi connectivity index (χ2n) is 10.9. The average molecular weight is 510 g/mol. The number of likely N-dealkylation sites (N-methyl/N-ethyl adjacent to an activating group) is 1. The van der Waals surface area contributed by atoms with E-state index in [1.165, 1.54) is 6.08 Å². The van der Waals surface area contributed by atoms with E-state index in [1.807, 2.05) is 30.3 Å². The van der Waals surface area contributed by atoms with E-state index in [2.05, 4.69) is 51.7 Å². The predicted octanol–water partition coefficient (Wildman–Crippen LogP) is 2.91. The van der Waals surface area contributed by atoms with Crippen molar-refractivity contribution >= 4 is 34.1 Å². The van der Waals surface area contributed by atoms with Gasteiger partial charge in [0.15, 0.2) is 0 Å². The summed E-state index contributed by atoms with van der Waals surface area (Å²) in [5, 5.41) is 18.8. The Hall–Kier alpha value is -4.32. The first-order valence-electron chi connectivity index (χ1n) is 13.0. The van der Waals surface area contributed by atoms with E-state index in [4.69, 9.17) is 0 Å². The number of H-pyrrole nitrogens is 1. The van der Waals surface area contributed by atoms with Crippen molar-refractivity contribution < 1.29 is 9.59 Å². The van der Waals surface area contributed by atoms with Crippen molar-refractivity contribution in [1.29, 1.82) is 5.26 Å². The Morgan fingerprint density at radius 2 is 2.00 bits per heavy atom. The van der Waals surface area contributed by atoms with Crippen LogP contribution in [0.4, 0.5) is 11.4 Å². The van der Waals surface area contributed by atoms with Crippen LogP contribution in [-0.4, -0.2) is 84.7 Å². The number of aromatic nitrogens is 2. The standard InChI is InChI=1S/C29H31N7O2/c1-4-26(37)36-17-29(18-36)7-8-35(16-29)25-12-20(34-10-9-33(3)27(38)15-34)11-21(22(25)13-30)28-19(2)5-6-24-23(28)14-31-32-24/h4-6,11-12,14H,1,7-10,15-18H2,2-3H3,(H,31,32). The van der Waals surface area contributed by atoms with E-state index in [-0.39, 0.29) is 17.2 Å². The molecule has 0 saturated carbocycles. The molecule has 1 spiro atoms. The van der Waals surface area contributed by atoms with Crippen LogP contribution in [0.3, 0.4) is 0 Å². The van der Waals surface area contributed by atoms with Gasteiger partial charge in [0, 0.05) is 68.4 Å². The van der Waals surface area contributed by atoms with Crippen LogP contribution < -0.4 is 9.80 Å². The molecule has 0 bridgehead atoms. The van der Waals surface area contributed by atoms with Crippen molar-refractivity contribution in [2.45, 2.75) is 13.3 Å². The van der Waals surface area contributed by atoms with Crippen LogP contribution >= 0.6 is 0 Å². The van der Waals surface area contributed by atoms with Gasteiger partial charge in [-0.1, -0.05) is 12.6 Å². The Kier molecular flexibility index (Phi) is 5.64. The molecule has 9 nitrogen and oxygen atoms in total. The van der Waals surface area contributed by atoms with Crippen molar-refractivity contribution in [3.63, 3.8) is 0 Å². The minimum Gasteiger partial charge on any atom is -0.370 e. The summed E-state index contributed by atoms with van der Waals surface area (Å²) in [4.78, 5) is 32.7. The van der Waals surface area contributed by atoms with Gasteiger partial charge in [0.2, 0.25) is 11.8 Å². The molecule has 9 heteroatoms. The number of hydrogen-bond donors (Lipinski definition) is 1. The van der Waals surface area contributed by atoms with Crippen LogP contribution in [0.5, 0.6) is 0 Å². The Balaban J connectivity index is 1.46. The number of carbonyl (C=O) groups excluding carboxylic acids is 2. The van der Waals surface area contributed by atoms with Crippen molar-refractivity contribution in [2.75, 3.05) is 62.7 Å². The number of benzene rings is 2. The van der Waals surface area contributed by atoms with E-state index in [0.717, 1.165) is 65.0 Å². The Morgan fingerprint density at radius 3 is 2.74 bits per heavy atom. The fraction of sp³-hybridized carbons (Fsp3) is 0.379. The molecule has 3 aromatic rings. The van der Waals surface area contributed by atoms with Gasteiger partial charge in [0.05, 0.1) is 29.5 Å². The number of rotatable bonds is 4. The number of likely N-dealkylation sites (tertiary alicyclic amines) is 1. The zero-order valence-corrected chi connectivity index (χ0v) is 21.8. The largest absolute Gasteiger partial charge is 0.370 e. The van der Waals surface area contributed by atoms with E-state index >= 15 is 0 Å². The third-order valence-electron chi connectivity index (χ3n) is 8.46. The van der Waals surface area contributed by atoms with Crippen molar-refractivity contribution in [3.05, 3.63) is 54.2 Å². The number of nitriles is 1. The van der Waals surface area contributed by atoms with Crippen LogP contribution in [0.1, 0.15) is 17.5 Å². The first-order valence-corrected chi connectivity index (χ1v) is 13.0. The number of piperazine rings is 1. The van der Waals surface area contributed by atoms with E-state index in [0.29, 0.717) is 31.7 Å². The minimum atomic E-state index is -0.0283. The summed E-state index contributed by atoms with van der Waals surface area (Å²) >= 11 is 0. The smallest absolute Gasteiger partial charge is 0.245 e. The van der Waals surface area contributed by atoms with Gasteiger partial charge in [-0.2, -0.15) is 10.4 Å². The molecule has 4 heterocycles. The summed E-state index contributed by atoms with van der Waals surface area (Å²) in [5.41, 5.74) is 6.30.